The van der Waals surface area contributed by atoms with Gasteiger partial charge in [0.1, 0.15) is 5.75 Å². The lowest BCUT2D eigenvalue weighted by molar-refractivity contribution is -0.142. The number of esters is 1. The van der Waals surface area contributed by atoms with Gasteiger partial charge >= 0.3 is 5.97 Å². The predicted molar refractivity (Wildman–Crippen MR) is 116 cm³/mol. The number of amides is 1. The van der Waals surface area contributed by atoms with Crippen molar-refractivity contribution in [2.45, 2.75) is 39.0 Å². The molecule has 6 nitrogen and oxygen atoms in total. The zero-order valence-corrected chi connectivity index (χ0v) is 18.7. The molecule has 1 N–H and O–H groups in total. The number of hydrogen-bond acceptors (Lipinski definition) is 5. The van der Waals surface area contributed by atoms with E-state index in [1.807, 2.05) is 17.9 Å². The van der Waals surface area contributed by atoms with Crippen LogP contribution < -0.4 is 0 Å². The normalized spacial score (nSPS) is 20.2. The van der Waals surface area contributed by atoms with Gasteiger partial charge < -0.3 is 14.7 Å². The maximum absolute atomic E-state index is 12.9. The first-order valence-electron chi connectivity index (χ1n) is 10.9. The molecule has 7 heteroatoms. The van der Waals surface area contributed by atoms with Gasteiger partial charge in [-0.3, -0.25) is 14.5 Å². The number of piperidine rings is 2. The van der Waals surface area contributed by atoms with Crippen molar-refractivity contribution in [2.24, 2.45) is 17.8 Å². The van der Waals surface area contributed by atoms with Crippen molar-refractivity contribution in [3.8, 4) is 5.75 Å². The number of likely N-dealkylation sites (tertiary alicyclic amines) is 2. The minimum absolute atomic E-state index is 0.0672. The molecule has 0 bridgehead atoms. The summed E-state index contributed by atoms with van der Waals surface area (Å²) in [4.78, 5) is 28.5. The van der Waals surface area contributed by atoms with Gasteiger partial charge in [-0.2, -0.15) is 0 Å². The van der Waals surface area contributed by atoms with Crippen LogP contribution in [0.25, 0.3) is 0 Å². The van der Waals surface area contributed by atoms with Gasteiger partial charge in [-0.05, 0) is 74.7 Å². The SMILES string of the molecule is COC(=O)CN1CCC(C2CCN(C(=O)[C@H](C)Cc3ccc(O)c(Cl)c3)CC2)CC1. The third-order valence-electron chi connectivity index (χ3n) is 6.71. The summed E-state index contributed by atoms with van der Waals surface area (Å²) in [6.45, 7) is 5.90. The number of phenols is 1. The highest BCUT2D eigenvalue weighted by molar-refractivity contribution is 6.32. The summed E-state index contributed by atoms with van der Waals surface area (Å²) < 4.78 is 4.76. The molecule has 0 unspecified atom stereocenters. The molecule has 0 aromatic heterocycles. The van der Waals surface area contributed by atoms with Crippen LogP contribution in [0.3, 0.4) is 0 Å². The molecule has 2 fully saturated rings. The van der Waals surface area contributed by atoms with Crippen LogP contribution in [-0.2, 0) is 20.7 Å². The molecular weight excluding hydrogens is 404 g/mol. The number of carbonyl (C=O) groups excluding carboxylic acids is 2. The average molecular weight is 437 g/mol. The molecule has 0 saturated carbocycles. The van der Waals surface area contributed by atoms with Gasteiger partial charge in [-0.15, -0.1) is 0 Å². The van der Waals surface area contributed by atoms with Crippen molar-refractivity contribution in [3.63, 3.8) is 0 Å². The number of nitrogens with zero attached hydrogens (tertiary/aromatic N) is 2. The largest absolute Gasteiger partial charge is 0.506 e. The zero-order valence-electron chi connectivity index (χ0n) is 18.0. The number of carbonyl (C=O) groups is 2. The van der Waals surface area contributed by atoms with E-state index in [0.29, 0.717) is 29.8 Å². The van der Waals surface area contributed by atoms with Gasteiger partial charge in [-0.1, -0.05) is 24.6 Å². The second-order valence-corrected chi connectivity index (χ2v) is 9.15. The highest BCUT2D eigenvalue weighted by atomic mass is 35.5. The second-order valence-electron chi connectivity index (χ2n) is 8.74. The molecule has 166 valence electrons. The van der Waals surface area contributed by atoms with Gasteiger partial charge in [0.05, 0.1) is 18.7 Å². The van der Waals surface area contributed by atoms with Crippen LogP contribution in [0, 0.1) is 17.8 Å². The van der Waals surface area contributed by atoms with E-state index >= 15 is 0 Å². The first-order valence-corrected chi connectivity index (χ1v) is 11.3. The maximum atomic E-state index is 12.9. The molecule has 30 heavy (non-hydrogen) atoms. The van der Waals surface area contributed by atoms with Gasteiger partial charge in [0.25, 0.3) is 0 Å². The monoisotopic (exact) mass is 436 g/mol. The van der Waals surface area contributed by atoms with Crippen LogP contribution in [0.4, 0.5) is 0 Å². The summed E-state index contributed by atoms with van der Waals surface area (Å²) in [6.07, 6.45) is 4.98. The van der Waals surface area contributed by atoms with E-state index in [-0.39, 0.29) is 23.5 Å². The zero-order chi connectivity index (χ0) is 21.7. The first kappa shape index (κ1) is 22.9. The van der Waals surface area contributed by atoms with Crippen molar-refractivity contribution < 1.29 is 19.4 Å². The van der Waals surface area contributed by atoms with Gasteiger partial charge in [-0.25, -0.2) is 0 Å². The van der Waals surface area contributed by atoms with Crippen LogP contribution in [-0.4, -0.2) is 66.6 Å². The number of benzene rings is 1. The quantitative estimate of drug-likeness (QED) is 0.692. The fourth-order valence-electron chi connectivity index (χ4n) is 4.85. The van der Waals surface area contributed by atoms with E-state index in [1.165, 1.54) is 7.11 Å². The second kappa shape index (κ2) is 10.5. The summed E-state index contributed by atoms with van der Waals surface area (Å²) in [5.41, 5.74) is 0.965. The van der Waals surface area contributed by atoms with E-state index in [0.717, 1.165) is 57.4 Å². The van der Waals surface area contributed by atoms with Crippen molar-refractivity contribution >= 4 is 23.5 Å². The summed E-state index contributed by atoms with van der Waals surface area (Å²) >= 11 is 5.99. The minimum atomic E-state index is -0.163. The molecule has 0 spiro atoms. The number of halogens is 1. The molecular formula is C23H33ClN2O4. The van der Waals surface area contributed by atoms with E-state index < -0.39 is 0 Å². The van der Waals surface area contributed by atoms with Crippen molar-refractivity contribution in [1.29, 1.82) is 0 Å². The van der Waals surface area contributed by atoms with Crippen molar-refractivity contribution in [2.75, 3.05) is 39.8 Å². The number of hydrogen-bond donors (Lipinski definition) is 1. The Morgan fingerprint density at radius 3 is 2.30 bits per heavy atom. The fraction of sp³-hybridized carbons (Fsp3) is 0.652. The van der Waals surface area contributed by atoms with E-state index in [4.69, 9.17) is 16.3 Å². The van der Waals surface area contributed by atoms with Gasteiger partial charge in [0.15, 0.2) is 0 Å². The third kappa shape index (κ3) is 5.88. The molecule has 2 heterocycles. The third-order valence-corrected chi connectivity index (χ3v) is 7.01. The Balaban J connectivity index is 1.43. The Kier molecular flexibility index (Phi) is 8.00. The average Bonchev–Trinajstić information content (AvgIpc) is 2.76. The number of ether oxygens (including phenoxy) is 1. The predicted octanol–water partition coefficient (Wildman–Crippen LogP) is 3.35. The van der Waals surface area contributed by atoms with Crippen molar-refractivity contribution in [1.82, 2.24) is 9.80 Å². The van der Waals surface area contributed by atoms with Crippen LogP contribution in [0.1, 0.15) is 38.2 Å². The molecule has 0 aliphatic carbocycles. The Labute approximate surface area is 184 Å². The summed E-state index contributed by atoms with van der Waals surface area (Å²) in [6, 6.07) is 5.14. The summed E-state index contributed by atoms with van der Waals surface area (Å²) in [5, 5.41) is 9.88. The van der Waals surface area contributed by atoms with Gasteiger partial charge in [0.2, 0.25) is 5.91 Å². The van der Waals surface area contributed by atoms with Crippen LogP contribution in [0.5, 0.6) is 5.75 Å². The van der Waals surface area contributed by atoms with Crippen molar-refractivity contribution in [3.05, 3.63) is 28.8 Å². The smallest absolute Gasteiger partial charge is 0.319 e. The van der Waals surface area contributed by atoms with Gasteiger partial charge in [0, 0.05) is 19.0 Å². The molecule has 1 amide bonds. The molecule has 0 radical (unpaired) electrons. The fourth-order valence-corrected chi connectivity index (χ4v) is 5.05. The number of phenolic OH excluding ortho intramolecular Hbond substituents is 1. The molecule has 2 aliphatic rings. The number of rotatable bonds is 6. The lowest BCUT2D eigenvalue weighted by Crippen LogP contribution is -2.45. The number of methoxy groups -OCH3 is 1. The van der Waals surface area contributed by atoms with Crippen LogP contribution in [0.2, 0.25) is 5.02 Å². The standard InChI is InChI=1S/C23H33ClN2O4/c1-16(13-17-3-4-21(27)20(24)14-17)23(29)26-11-7-19(8-12-26)18-5-9-25(10-6-18)15-22(28)30-2/h3-4,14,16,18-19,27H,5-13,15H2,1-2H3/t16-/m1/s1. The lowest BCUT2D eigenvalue weighted by Gasteiger charge is -2.40. The Morgan fingerprint density at radius 2 is 1.73 bits per heavy atom. The maximum Gasteiger partial charge on any atom is 0.319 e. The van der Waals surface area contributed by atoms with Crippen LogP contribution >= 0.6 is 11.6 Å². The van der Waals surface area contributed by atoms with Crippen LogP contribution in [0.15, 0.2) is 18.2 Å². The van der Waals surface area contributed by atoms with E-state index in [1.54, 1.807) is 12.1 Å². The minimum Gasteiger partial charge on any atom is -0.506 e. The Bertz CT molecular complexity index is 741. The highest BCUT2D eigenvalue weighted by Gasteiger charge is 2.32. The first-order chi connectivity index (χ1) is 14.4. The molecule has 1 aromatic carbocycles. The highest BCUT2D eigenvalue weighted by Crippen LogP contribution is 2.33. The number of aromatic hydroxyl groups is 1. The topological polar surface area (TPSA) is 70.1 Å². The molecule has 1 aromatic rings. The summed E-state index contributed by atoms with van der Waals surface area (Å²) in [7, 11) is 1.44. The Morgan fingerprint density at radius 1 is 1.13 bits per heavy atom. The van der Waals surface area contributed by atoms with E-state index in [9.17, 15) is 14.7 Å². The molecule has 1 atom stereocenters. The lowest BCUT2D eigenvalue weighted by atomic mass is 9.78. The molecule has 3 rings (SSSR count). The summed E-state index contributed by atoms with van der Waals surface area (Å²) in [5.74, 6) is 1.35. The Hall–Kier alpha value is -1.79. The molecule has 2 saturated heterocycles. The van der Waals surface area contributed by atoms with E-state index in [2.05, 4.69) is 4.90 Å². The molecule has 2 aliphatic heterocycles.